The van der Waals surface area contributed by atoms with Crippen molar-refractivity contribution in [2.45, 2.75) is 13.8 Å². The second-order valence-electron chi connectivity index (χ2n) is 5.46. The van der Waals surface area contributed by atoms with Crippen molar-refractivity contribution in [3.8, 4) is 5.75 Å². The standard InChI is InChI=1S/C13H20FN3O3/c1-13(2,7-15)8-16(3)10-6-12(20-4)11(17(18)19)5-9(10)14/h5-6H,7-8,15H2,1-4H3. The van der Waals surface area contributed by atoms with Gasteiger partial charge in [0.15, 0.2) is 11.6 Å². The van der Waals surface area contributed by atoms with Crippen LogP contribution in [0.15, 0.2) is 12.1 Å². The monoisotopic (exact) mass is 285 g/mol. The Hall–Kier alpha value is -1.89. The fourth-order valence-electron chi connectivity index (χ4n) is 1.92. The fraction of sp³-hybridized carbons (Fsp3) is 0.538. The summed E-state index contributed by atoms with van der Waals surface area (Å²) in [5, 5.41) is 10.8. The molecule has 0 amide bonds. The first-order valence-corrected chi connectivity index (χ1v) is 6.15. The molecule has 0 radical (unpaired) electrons. The van der Waals surface area contributed by atoms with Crippen LogP contribution in [0.5, 0.6) is 5.75 Å². The van der Waals surface area contributed by atoms with Gasteiger partial charge < -0.3 is 15.4 Å². The van der Waals surface area contributed by atoms with Gasteiger partial charge in [0.05, 0.1) is 23.8 Å². The van der Waals surface area contributed by atoms with Gasteiger partial charge in [-0.25, -0.2) is 4.39 Å². The van der Waals surface area contributed by atoms with Gasteiger partial charge in [-0.15, -0.1) is 0 Å². The lowest BCUT2D eigenvalue weighted by atomic mass is 9.93. The molecule has 1 aromatic rings. The number of nitrogens with two attached hydrogens (primary N) is 1. The van der Waals surface area contributed by atoms with E-state index in [0.717, 1.165) is 6.07 Å². The Kier molecular flexibility index (Phi) is 4.88. The maximum atomic E-state index is 14.0. The van der Waals surface area contributed by atoms with Crippen LogP contribution in [0, 0.1) is 21.3 Å². The number of nitro benzene ring substituents is 1. The highest BCUT2D eigenvalue weighted by Gasteiger charge is 2.24. The van der Waals surface area contributed by atoms with Gasteiger partial charge in [0, 0.05) is 19.7 Å². The second-order valence-corrected chi connectivity index (χ2v) is 5.46. The van der Waals surface area contributed by atoms with Crippen molar-refractivity contribution in [2.24, 2.45) is 11.1 Å². The van der Waals surface area contributed by atoms with Crippen LogP contribution in [0.1, 0.15) is 13.8 Å². The Morgan fingerprint density at radius 3 is 2.55 bits per heavy atom. The number of nitrogens with zero attached hydrogens (tertiary/aromatic N) is 2. The van der Waals surface area contributed by atoms with Crippen molar-refractivity contribution in [3.05, 3.63) is 28.1 Å². The van der Waals surface area contributed by atoms with E-state index in [4.69, 9.17) is 10.5 Å². The minimum atomic E-state index is -0.671. The smallest absolute Gasteiger partial charge is 0.313 e. The van der Waals surface area contributed by atoms with Crippen LogP contribution in [0.2, 0.25) is 0 Å². The van der Waals surface area contributed by atoms with Crippen LogP contribution in [0.3, 0.4) is 0 Å². The summed E-state index contributed by atoms with van der Waals surface area (Å²) in [4.78, 5) is 11.8. The third-order valence-corrected chi connectivity index (χ3v) is 3.07. The number of nitro groups is 1. The molecule has 0 bridgehead atoms. The van der Waals surface area contributed by atoms with E-state index in [1.165, 1.54) is 13.2 Å². The molecule has 112 valence electrons. The Morgan fingerprint density at radius 2 is 2.10 bits per heavy atom. The molecule has 0 fully saturated rings. The average molecular weight is 285 g/mol. The van der Waals surface area contributed by atoms with Crippen LogP contribution in [-0.2, 0) is 0 Å². The summed E-state index contributed by atoms with van der Waals surface area (Å²) >= 11 is 0. The van der Waals surface area contributed by atoms with Gasteiger partial charge in [-0.3, -0.25) is 10.1 Å². The van der Waals surface area contributed by atoms with Crippen LogP contribution >= 0.6 is 0 Å². The summed E-state index contributed by atoms with van der Waals surface area (Å²) in [5.74, 6) is -0.628. The first-order chi connectivity index (χ1) is 9.21. The van der Waals surface area contributed by atoms with E-state index in [-0.39, 0.29) is 22.5 Å². The Labute approximate surface area is 117 Å². The Balaban J connectivity index is 3.16. The summed E-state index contributed by atoms with van der Waals surface area (Å²) in [6.07, 6.45) is 0. The third kappa shape index (κ3) is 3.57. The molecule has 0 aliphatic heterocycles. The number of rotatable bonds is 6. The van der Waals surface area contributed by atoms with Crippen LogP contribution in [0.4, 0.5) is 15.8 Å². The van der Waals surface area contributed by atoms with Gasteiger partial charge in [0.1, 0.15) is 0 Å². The Morgan fingerprint density at radius 1 is 1.50 bits per heavy atom. The normalized spacial score (nSPS) is 11.3. The zero-order valence-electron chi connectivity index (χ0n) is 12.1. The van der Waals surface area contributed by atoms with E-state index >= 15 is 0 Å². The van der Waals surface area contributed by atoms with E-state index in [2.05, 4.69) is 0 Å². The number of halogens is 1. The largest absolute Gasteiger partial charge is 0.490 e. The highest BCUT2D eigenvalue weighted by molar-refractivity contribution is 5.60. The molecule has 0 aromatic heterocycles. The number of benzene rings is 1. The Bertz CT molecular complexity index is 506. The molecular weight excluding hydrogens is 265 g/mol. The first kappa shape index (κ1) is 16.2. The highest BCUT2D eigenvalue weighted by atomic mass is 19.1. The van der Waals surface area contributed by atoms with Crippen LogP contribution in [0.25, 0.3) is 0 Å². The van der Waals surface area contributed by atoms with Crippen molar-refractivity contribution < 1.29 is 14.1 Å². The number of hydrogen-bond donors (Lipinski definition) is 1. The molecule has 0 aliphatic rings. The average Bonchev–Trinajstić information content (AvgIpc) is 2.37. The molecule has 0 unspecified atom stereocenters. The number of anilines is 1. The number of hydrogen-bond acceptors (Lipinski definition) is 5. The molecular formula is C13H20FN3O3. The molecule has 0 spiro atoms. The molecule has 7 heteroatoms. The molecule has 6 nitrogen and oxygen atoms in total. The summed E-state index contributed by atoms with van der Waals surface area (Å²) in [5.41, 5.74) is 5.31. The van der Waals surface area contributed by atoms with E-state index in [1.54, 1.807) is 11.9 Å². The maximum Gasteiger partial charge on any atom is 0.313 e. The lowest BCUT2D eigenvalue weighted by Gasteiger charge is -2.30. The lowest BCUT2D eigenvalue weighted by Crippen LogP contribution is -2.37. The van der Waals surface area contributed by atoms with Crippen LogP contribution < -0.4 is 15.4 Å². The molecule has 0 atom stereocenters. The van der Waals surface area contributed by atoms with Crippen LogP contribution in [-0.4, -0.2) is 32.2 Å². The first-order valence-electron chi connectivity index (χ1n) is 6.15. The summed E-state index contributed by atoms with van der Waals surface area (Å²) in [6, 6.07) is 2.21. The van der Waals surface area contributed by atoms with Gasteiger partial charge in [0.2, 0.25) is 0 Å². The van der Waals surface area contributed by atoms with E-state index in [0.29, 0.717) is 13.1 Å². The fourth-order valence-corrected chi connectivity index (χ4v) is 1.92. The molecule has 0 saturated heterocycles. The molecule has 0 saturated carbocycles. The summed E-state index contributed by atoms with van der Waals surface area (Å²) in [6.45, 7) is 4.89. The van der Waals surface area contributed by atoms with Crippen molar-refractivity contribution in [1.29, 1.82) is 0 Å². The maximum absolute atomic E-state index is 14.0. The van der Waals surface area contributed by atoms with Gasteiger partial charge in [-0.05, 0) is 12.0 Å². The predicted molar refractivity (Wildman–Crippen MR) is 75.7 cm³/mol. The van der Waals surface area contributed by atoms with Crippen molar-refractivity contribution in [3.63, 3.8) is 0 Å². The van der Waals surface area contributed by atoms with Crippen molar-refractivity contribution in [1.82, 2.24) is 0 Å². The molecule has 20 heavy (non-hydrogen) atoms. The van der Waals surface area contributed by atoms with E-state index in [9.17, 15) is 14.5 Å². The second kappa shape index (κ2) is 6.04. The number of methoxy groups -OCH3 is 1. The van der Waals surface area contributed by atoms with E-state index < -0.39 is 10.7 Å². The summed E-state index contributed by atoms with van der Waals surface area (Å²) < 4.78 is 19.0. The lowest BCUT2D eigenvalue weighted by molar-refractivity contribution is -0.385. The number of ether oxygens (including phenoxy) is 1. The molecule has 0 aliphatic carbocycles. The molecule has 2 N–H and O–H groups in total. The summed E-state index contributed by atoms with van der Waals surface area (Å²) in [7, 11) is 3.02. The predicted octanol–water partition coefficient (Wildman–Crippen LogP) is 2.16. The zero-order valence-corrected chi connectivity index (χ0v) is 12.1. The minimum absolute atomic E-state index is 0.0313. The van der Waals surface area contributed by atoms with Crippen molar-refractivity contribution in [2.75, 3.05) is 32.1 Å². The zero-order chi connectivity index (χ0) is 15.5. The van der Waals surface area contributed by atoms with E-state index in [1.807, 2.05) is 13.8 Å². The quantitative estimate of drug-likeness (QED) is 0.640. The highest BCUT2D eigenvalue weighted by Crippen LogP contribution is 2.34. The van der Waals surface area contributed by atoms with Gasteiger partial charge >= 0.3 is 5.69 Å². The topological polar surface area (TPSA) is 81.6 Å². The van der Waals surface area contributed by atoms with Crippen molar-refractivity contribution >= 4 is 11.4 Å². The van der Waals surface area contributed by atoms with Gasteiger partial charge in [-0.1, -0.05) is 13.8 Å². The molecule has 1 rings (SSSR count). The minimum Gasteiger partial charge on any atom is -0.490 e. The molecule has 1 aromatic carbocycles. The van der Waals surface area contributed by atoms with Gasteiger partial charge in [0.25, 0.3) is 0 Å². The SMILES string of the molecule is COc1cc(N(C)CC(C)(C)CN)c(F)cc1[N+](=O)[O-]. The molecule has 0 heterocycles. The third-order valence-electron chi connectivity index (χ3n) is 3.07. The van der Waals surface area contributed by atoms with Gasteiger partial charge in [-0.2, -0.15) is 0 Å².